The first kappa shape index (κ1) is 14.1. The zero-order chi connectivity index (χ0) is 13.8. The highest BCUT2D eigenvalue weighted by Crippen LogP contribution is 2.29. The number of carbonyl (C=O) groups is 2. The van der Waals surface area contributed by atoms with Gasteiger partial charge < -0.3 is 20.1 Å². The molecule has 2 fully saturated rings. The van der Waals surface area contributed by atoms with Crippen molar-refractivity contribution in [2.45, 2.75) is 57.2 Å². The first-order valence-electron chi connectivity index (χ1n) is 7.02. The lowest BCUT2D eigenvalue weighted by molar-refractivity contribution is -0.137. The lowest BCUT2D eigenvalue weighted by Crippen LogP contribution is -2.56. The van der Waals surface area contributed by atoms with Gasteiger partial charge in [0.05, 0.1) is 25.2 Å². The van der Waals surface area contributed by atoms with Gasteiger partial charge in [0, 0.05) is 12.6 Å². The van der Waals surface area contributed by atoms with E-state index in [0.29, 0.717) is 19.6 Å². The Bertz CT molecular complexity index is 348. The molecule has 1 aliphatic heterocycles. The Kier molecular flexibility index (Phi) is 4.63. The van der Waals surface area contributed by atoms with E-state index in [4.69, 9.17) is 9.84 Å². The van der Waals surface area contributed by atoms with Crippen molar-refractivity contribution in [2.75, 3.05) is 13.2 Å². The molecule has 0 aromatic carbocycles. The van der Waals surface area contributed by atoms with Crippen molar-refractivity contribution in [2.24, 2.45) is 0 Å². The van der Waals surface area contributed by atoms with E-state index in [1.807, 2.05) is 11.8 Å². The van der Waals surface area contributed by atoms with Crippen LogP contribution in [-0.4, -0.2) is 53.3 Å². The first-order chi connectivity index (χ1) is 9.11. The van der Waals surface area contributed by atoms with E-state index in [0.717, 1.165) is 19.3 Å². The van der Waals surface area contributed by atoms with E-state index in [2.05, 4.69) is 5.32 Å². The van der Waals surface area contributed by atoms with Gasteiger partial charge in [-0.25, -0.2) is 4.79 Å². The number of ether oxygens (including phenoxy) is 1. The highest BCUT2D eigenvalue weighted by molar-refractivity contribution is 5.76. The number of rotatable bonds is 4. The van der Waals surface area contributed by atoms with Gasteiger partial charge in [0.1, 0.15) is 0 Å². The van der Waals surface area contributed by atoms with E-state index in [1.165, 1.54) is 0 Å². The van der Waals surface area contributed by atoms with Crippen molar-refractivity contribution in [3.05, 3.63) is 0 Å². The minimum atomic E-state index is -0.882. The van der Waals surface area contributed by atoms with E-state index < -0.39 is 5.97 Å². The summed E-state index contributed by atoms with van der Waals surface area (Å²) in [6, 6.07) is -0.280. The Morgan fingerprint density at radius 2 is 2.26 bits per heavy atom. The number of carboxylic acid groups (broad SMARTS) is 1. The highest BCUT2D eigenvalue weighted by Gasteiger charge is 2.38. The summed E-state index contributed by atoms with van der Waals surface area (Å²) in [5, 5.41) is 11.6. The summed E-state index contributed by atoms with van der Waals surface area (Å²) >= 11 is 0. The summed E-state index contributed by atoms with van der Waals surface area (Å²) < 4.78 is 5.66. The van der Waals surface area contributed by atoms with Crippen LogP contribution >= 0.6 is 0 Å². The predicted octanol–water partition coefficient (Wildman–Crippen LogP) is 1.20. The molecule has 2 rings (SSSR count). The number of nitrogens with zero attached hydrogens (tertiary/aromatic N) is 1. The molecule has 6 heteroatoms. The van der Waals surface area contributed by atoms with Crippen LogP contribution in [0.4, 0.5) is 4.79 Å². The maximum Gasteiger partial charge on any atom is 0.318 e. The molecule has 1 aliphatic carbocycles. The Morgan fingerprint density at radius 1 is 1.47 bits per heavy atom. The number of nitrogens with one attached hydrogen (secondary N) is 1. The summed E-state index contributed by atoms with van der Waals surface area (Å²) in [5.74, 6) is -0.882. The Morgan fingerprint density at radius 3 is 2.95 bits per heavy atom. The third-order valence-corrected chi connectivity index (χ3v) is 3.98. The SMILES string of the molecule is CCC(CC(=O)O)NC(=O)N1CCOC2CCCC21. The quantitative estimate of drug-likeness (QED) is 0.804. The van der Waals surface area contributed by atoms with Crippen LogP contribution in [0.1, 0.15) is 39.0 Å². The molecule has 2 aliphatic rings. The van der Waals surface area contributed by atoms with E-state index in [1.54, 1.807) is 0 Å². The van der Waals surface area contributed by atoms with E-state index in [9.17, 15) is 9.59 Å². The van der Waals surface area contributed by atoms with Crippen LogP contribution in [-0.2, 0) is 9.53 Å². The smallest absolute Gasteiger partial charge is 0.318 e. The topological polar surface area (TPSA) is 78.9 Å². The fourth-order valence-corrected chi connectivity index (χ4v) is 2.94. The van der Waals surface area contributed by atoms with Crippen LogP contribution in [0.5, 0.6) is 0 Å². The zero-order valence-electron chi connectivity index (χ0n) is 11.3. The fraction of sp³-hybridized carbons (Fsp3) is 0.846. The summed E-state index contributed by atoms with van der Waals surface area (Å²) in [4.78, 5) is 24.8. The number of aliphatic carboxylic acids is 1. The Balaban J connectivity index is 1.92. The molecule has 108 valence electrons. The normalized spacial score (nSPS) is 27.7. The maximum atomic E-state index is 12.3. The molecule has 0 aromatic heterocycles. The summed E-state index contributed by atoms with van der Waals surface area (Å²) in [7, 11) is 0. The minimum Gasteiger partial charge on any atom is -0.481 e. The van der Waals surface area contributed by atoms with Crippen LogP contribution in [0.2, 0.25) is 0 Å². The zero-order valence-corrected chi connectivity index (χ0v) is 11.3. The van der Waals surface area contributed by atoms with Gasteiger partial charge in [-0.2, -0.15) is 0 Å². The van der Waals surface area contributed by atoms with Crippen LogP contribution in [0.15, 0.2) is 0 Å². The lowest BCUT2D eigenvalue weighted by atomic mass is 10.1. The molecule has 0 aromatic rings. The van der Waals surface area contributed by atoms with Gasteiger partial charge in [-0.1, -0.05) is 6.92 Å². The fourth-order valence-electron chi connectivity index (χ4n) is 2.94. The van der Waals surface area contributed by atoms with Gasteiger partial charge in [0.25, 0.3) is 0 Å². The van der Waals surface area contributed by atoms with Crippen molar-refractivity contribution in [3.8, 4) is 0 Å². The van der Waals surface area contributed by atoms with Crippen LogP contribution < -0.4 is 5.32 Å². The molecule has 3 unspecified atom stereocenters. The number of urea groups is 1. The monoisotopic (exact) mass is 270 g/mol. The molecule has 6 nitrogen and oxygen atoms in total. The number of carboxylic acids is 1. The van der Waals surface area contributed by atoms with Gasteiger partial charge in [0.2, 0.25) is 0 Å². The Hall–Kier alpha value is -1.30. The van der Waals surface area contributed by atoms with Gasteiger partial charge in [-0.15, -0.1) is 0 Å². The van der Waals surface area contributed by atoms with E-state index >= 15 is 0 Å². The lowest BCUT2D eigenvalue weighted by Gasteiger charge is -2.38. The highest BCUT2D eigenvalue weighted by atomic mass is 16.5. The number of carbonyl (C=O) groups excluding carboxylic acids is 1. The van der Waals surface area contributed by atoms with Gasteiger partial charge in [-0.05, 0) is 25.7 Å². The molecule has 1 saturated carbocycles. The number of amides is 2. The molecule has 2 N–H and O–H groups in total. The van der Waals surface area contributed by atoms with Gasteiger partial charge in [-0.3, -0.25) is 4.79 Å². The van der Waals surface area contributed by atoms with Crippen molar-refractivity contribution >= 4 is 12.0 Å². The van der Waals surface area contributed by atoms with Crippen LogP contribution in [0.25, 0.3) is 0 Å². The molecular formula is C13H22N2O4. The third-order valence-electron chi connectivity index (χ3n) is 3.98. The Labute approximate surface area is 113 Å². The molecule has 0 spiro atoms. The maximum absolute atomic E-state index is 12.3. The number of fused-ring (bicyclic) bond motifs is 1. The van der Waals surface area contributed by atoms with E-state index in [-0.39, 0.29) is 30.6 Å². The summed E-state index contributed by atoms with van der Waals surface area (Å²) in [6.07, 6.45) is 3.84. The summed E-state index contributed by atoms with van der Waals surface area (Å²) in [5.41, 5.74) is 0. The van der Waals surface area contributed by atoms with Crippen molar-refractivity contribution in [3.63, 3.8) is 0 Å². The number of hydrogen-bond donors (Lipinski definition) is 2. The van der Waals surface area contributed by atoms with Gasteiger partial charge in [0.15, 0.2) is 0 Å². The van der Waals surface area contributed by atoms with Crippen LogP contribution in [0, 0.1) is 0 Å². The molecular weight excluding hydrogens is 248 g/mol. The average molecular weight is 270 g/mol. The number of hydrogen-bond acceptors (Lipinski definition) is 3. The molecule has 19 heavy (non-hydrogen) atoms. The van der Waals surface area contributed by atoms with Crippen LogP contribution in [0.3, 0.4) is 0 Å². The molecule has 1 saturated heterocycles. The molecule has 2 amide bonds. The molecule has 3 atom stereocenters. The van der Waals surface area contributed by atoms with Crippen molar-refractivity contribution in [1.82, 2.24) is 10.2 Å². The second kappa shape index (κ2) is 6.23. The standard InChI is InChI=1S/C13H22N2O4/c1-2-9(8-12(16)17)14-13(18)15-6-7-19-11-5-3-4-10(11)15/h9-11H,2-8H2,1H3,(H,14,18)(H,16,17). The molecule has 0 radical (unpaired) electrons. The minimum absolute atomic E-state index is 0.0271. The third kappa shape index (κ3) is 3.37. The number of morpholine rings is 1. The first-order valence-corrected chi connectivity index (χ1v) is 7.02. The largest absolute Gasteiger partial charge is 0.481 e. The van der Waals surface area contributed by atoms with Crippen molar-refractivity contribution in [1.29, 1.82) is 0 Å². The van der Waals surface area contributed by atoms with Crippen molar-refractivity contribution < 1.29 is 19.4 Å². The average Bonchev–Trinajstić information content (AvgIpc) is 2.85. The van der Waals surface area contributed by atoms with Gasteiger partial charge >= 0.3 is 12.0 Å². The predicted molar refractivity (Wildman–Crippen MR) is 68.9 cm³/mol. The molecule has 1 heterocycles. The second-order valence-corrected chi connectivity index (χ2v) is 5.25. The summed E-state index contributed by atoms with van der Waals surface area (Å²) in [6.45, 7) is 3.05. The molecule has 0 bridgehead atoms. The second-order valence-electron chi connectivity index (χ2n) is 5.25.